The normalized spacial score (nSPS) is 17.9. The second kappa shape index (κ2) is 8.52. The number of nitriles is 1. The predicted octanol–water partition coefficient (Wildman–Crippen LogP) is 6.58. The van der Waals surface area contributed by atoms with Gasteiger partial charge >= 0.3 is 6.18 Å². The molecule has 5 rings (SSSR count). The maximum Gasteiger partial charge on any atom is 0.416 e. The largest absolute Gasteiger partial charge is 0.416 e. The minimum Gasteiger partial charge on any atom is -0.340 e. The van der Waals surface area contributed by atoms with Gasteiger partial charge < -0.3 is 9.88 Å². The summed E-state index contributed by atoms with van der Waals surface area (Å²) in [6.07, 6.45) is -3.11. The SMILES string of the molecule is Cc1ccc(-c2cccc(C#N)c2)c(C(=O)N2CCC[C@@]2(C)c2nc3cc(C(F)(F)F)ccc3[nH]2)c1. The second-order valence-corrected chi connectivity index (χ2v) is 9.39. The first kappa shape index (κ1) is 23.6. The molecule has 1 amide bonds. The van der Waals surface area contributed by atoms with Crippen LogP contribution < -0.4 is 0 Å². The fraction of sp³-hybridized carbons (Fsp3) is 0.250. The van der Waals surface area contributed by atoms with Gasteiger partial charge in [-0.3, -0.25) is 4.79 Å². The average molecular weight is 489 g/mol. The molecule has 1 N–H and O–H groups in total. The summed E-state index contributed by atoms with van der Waals surface area (Å²) in [5, 5.41) is 9.32. The van der Waals surface area contributed by atoms with Crippen molar-refractivity contribution in [1.82, 2.24) is 14.9 Å². The van der Waals surface area contributed by atoms with Crippen molar-refractivity contribution in [2.24, 2.45) is 0 Å². The monoisotopic (exact) mass is 488 g/mol. The van der Waals surface area contributed by atoms with Crippen LogP contribution in [-0.4, -0.2) is 27.3 Å². The maximum absolute atomic E-state index is 14.0. The molecule has 0 unspecified atom stereocenters. The molecule has 0 spiro atoms. The van der Waals surface area contributed by atoms with Gasteiger partial charge in [-0.1, -0.05) is 29.8 Å². The number of aromatic amines is 1. The lowest BCUT2D eigenvalue weighted by atomic mass is 9.93. The number of amides is 1. The molecular weight excluding hydrogens is 465 g/mol. The van der Waals surface area contributed by atoms with Crippen molar-refractivity contribution in [2.75, 3.05) is 6.54 Å². The van der Waals surface area contributed by atoms with E-state index in [0.717, 1.165) is 35.2 Å². The molecule has 182 valence electrons. The molecule has 0 aliphatic carbocycles. The van der Waals surface area contributed by atoms with Crippen molar-refractivity contribution in [1.29, 1.82) is 5.26 Å². The van der Waals surface area contributed by atoms with E-state index in [2.05, 4.69) is 16.0 Å². The maximum atomic E-state index is 14.0. The number of hydrogen-bond donors (Lipinski definition) is 1. The minimum atomic E-state index is -4.46. The van der Waals surface area contributed by atoms with Crippen LogP contribution in [0.25, 0.3) is 22.2 Å². The molecule has 5 nitrogen and oxygen atoms in total. The predicted molar refractivity (Wildman–Crippen MR) is 130 cm³/mol. The molecule has 0 bridgehead atoms. The number of carbonyl (C=O) groups is 1. The van der Waals surface area contributed by atoms with Gasteiger partial charge in [-0.2, -0.15) is 18.4 Å². The van der Waals surface area contributed by atoms with Crippen molar-refractivity contribution in [2.45, 2.75) is 38.4 Å². The number of hydrogen-bond acceptors (Lipinski definition) is 3. The lowest BCUT2D eigenvalue weighted by Crippen LogP contribution is -2.43. The van der Waals surface area contributed by atoms with E-state index in [9.17, 15) is 23.2 Å². The van der Waals surface area contributed by atoms with E-state index in [1.54, 1.807) is 23.1 Å². The number of nitrogens with one attached hydrogen (secondary N) is 1. The van der Waals surface area contributed by atoms with Crippen LogP contribution in [0.4, 0.5) is 13.2 Å². The first-order valence-electron chi connectivity index (χ1n) is 11.6. The molecule has 1 atom stereocenters. The summed E-state index contributed by atoms with van der Waals surface area (Å²) >= 11 is 0. The average Bonchev–Trinajstić information content (AvgIpc) is 3.47. The number of fused-ring (bicyclic) bond motifs is 1. The lowest BCUT2D eigenvalue weighted by Gasteiger charge is -2.34. The quantitative estimate of drug-likeness (QED) is 0.354. The van der Waals surface area contributed by atoms with Crippen LogP contribution in [0.1, 0.15) is 52.6 Å². The Labute approximate surface area is 206 Å². The van der Waals surface area contributed by atoms with Crippen LogP contribution >= 0.6 is 0 Å². The molecule has 4 aromatic rings. The van der Waals surface area contributed by atoms with Gasteiger partial charge in [0.05, 0.1) is 33.8 Å². The summed E-state index contributed by atoms with van der Waals surface area (Å²) in [5.41, 5.74) is 2.53. The van der Waals surface area contributed by atoms with Gasteiger partial charge in [0.15, 0.2) is 0 Å². The smallest absolute Gasteiger partial charge is 0.340 e. The summed E-state index contributed by atoms with van der Waals surface area (Å²) in [6, 6.07) is 18.3. The van der Waals surface area contributed by atoms with E-state index in [4.69, 9.17) is 0 Å². The highest BCUT2D eigenvalue weighted by molar-refractivity contribution is 6.01. The zero-order chi connectivity index (χ0) is 25.7. The molecule has 1 aliphatic rings. The number of aryl methyl sites for hydroxylation is 1. The molecule has 2 heterocycles. The number of H-pyrrole nitrogens is 1. The van der Waals surface area contributed by atoms with E-state index >= 15 is 0 Å². The van der Waals surface area contributed by atoms with Crippen LogP contribution in [0.2, 0.25) is 0 Å². The Morgan fingerprint density at radius 1 is 1.14 bits per heavy atom. The summed E-state index contributed by atoms with van der Waals surface area (Å²) in [6.45, 7) is 4.30. The summed E-state index contributed by atoms with van der Waals surface area (Å²) < 4.78 is 39.6. The number of halogens is 3. The fourth-order valence-electron chi connectivity index (χ4n) is 4.96. The number of imidazole rings is 1. The second-order valence-electron chi connectivity index (χ2n) is 9.39. The highest BCUT2D eigenvalue weighted by Gasteiger charge is 2.44. The summed E-state index contributed by atoms with van der Waals surface area (Å²) in [4.78, 5) is 23.4. The van der Waals surface area contributed by atoms with Crippen molar-refractivity contribution in [3.05, 3.63) is 88.7 Å². The topological polar surface area (TPSA) is 72.8 Å². The van der Waals surface area contributed by atoms with Gasteiger partial charge in [0.25, 0.3) is 5.91 Å². The Bertz CT molecular complexity index is 1530. The molecule has 1 aromatic heterocycles. The van der Waals surface area contributed by atoms with E-state index in [1.807, 2.05) is 38.1 Å². The number of alkyl halides is 3. The fourth-order valence-corrected chi connectivity index (χ4v) is 4.96. The summed E-state index contributed by atoms with van der Waals surface area (Å²) in [5.74, 6) is 0.274. The molecular formula is C28H23F3N4O. The zero-order valence-electron chi connectivity index (χ0n) is 19.8. The van der Waals surface area contributed by atoms with Crippen LogP contribution in [0.15, 0.2) is 60.7 Å². The van der Waals surface area contributed by atoms with Crippen LogP contribution in [-0.2, 0) is 11.7 Å². The number of aromatic nitrogens is 2. The Morgan fingerprint density at radius 2 is 1.94 bits per heavy atom. The minimum absolute atomic E-state index is 0.188. The Balaban J connectivity index is 1.56. The highest BCUT2D eigenvalue weighted by Crippen LogP contribution is 2.40. The van der Waals surface area contributed by atoms with Crippen LogP contribution in [0.5, 0.6) is 0 Å². The molecule has 1 saturated heterocycles. The van der Waals surface area contributed by atoms with E-state index < -0.39 is 17.3 Å². The van der Waals surface area contributed by atoms with Gasteiger partial charge in [-0.05, 0) is 74.2 Å². The van der Waals surface area contributed by atoms with Crippen molar-refractivity contribution >= 4 is 16.9 Å². The molecule has 1 aliphatic heterocycles. The third-order valence-corrected chi connectivity index (χ3v) is 6.91. The number of likely N-dealkylation sites (tertiary alicyclic amines) is 1. The number of benzene rings is 3. The molecule has 1 fully saturated rings. The van der Waals surface area contributed by atoms with Gasteiger partial charge in [0.1, 0.15) is 5.82 Å². The Kier molecular flexibility index (Phi) is 5.59. The van der Waals surface area contributed by atoms with Crippen molar-refractivity contribution < 1.29 is 18.0 Å². The molecule has 0 radical (unpaired) electrons. The first-order chi connectivity index (χ1) is 17.1. The number of carbonyl (C=O) groups excluding carboxylic acids is 1. The van der Waals surface area contributed by atoms with Gasteiger partial charge in [0, 0.05) is 12.1 Å². The Hall–Kier alpha value is -4.12. The third-order valence-electron chi connectivity index (χ3n) is 6.91. The van der Waals surface area contributed by atoms with E-state index in [0.29, 0.717) is 35.4 Å². The van der Waals surface area contributed by atoms with Crippen LogP contribution in [0, 0.1) is 18.3 Å². The summed E-state index contributed by atoms with van der Waals surface area (Å²) in [7, 11) is 0. The zero-order valence-corrected chi connectivity index (χ0v) is 19.8. The first-order valence-corrected chi connectivity index (χ1v) is 11.6. The van der Waals surface area contributed by atoms with Gasteiger partial charge in [0.2, 0.25) is 0 Å². The van der Waals surface area contributed by atoms with E-state index in [-0.39, 0.29) is 11.4 Å². The van der Waals surface area contributed by atoms with Crippen LogP contribution in [0.3, 0.4) is 0 Å². The lowest BCUT2D eigenvalue weighted by molar-refractivity contribution is -0.137. The van der Waals surface area contributed by atoms with Gasteiger partial charge in [-0.15, -0.1) is 0 Å². The molecule has 0 saturated carbocycles. The van der Waals surface area contributed by atoms with Gasteiger partial charge in [-0.25, -0.2) is 4.98 Å². The molecule has 8 heteroatoms. The standard InChI is InChI=1S/C28H23F3N4O/c1-17-7-9-21(19-6-3-5-18(14-19)16-32)22(13-17)25(36)35-12-4-11-27(35,2)26-33-23-10-8-20(28(29,30)31)15-24(23)34-26/h3,5-10,13-15H,4,11-12H2,1-2H3,(H,33,34)/t27-/m0/s1. The number of nitrogens with zero attached hydrogens (tertiary/aromatic N) is 3. The molecule has 3 aromatic carbocycles. The molecule has 36 heavy (non-hydrogen) atoms. The number of rotatable bonds is 3. The highest BCUT2D eigenvalue weighted by atomic mass is 19.4. The van der Waals surface area contributed by atoms with E-state index in [1.165, 1.54) is 6.07 Å². The van der Waals surface area contributed by atoms with Crippen molar-refractivity contribution in [3.8, 4) is 17.2 Å². The Morgan fingerprint density at radius 3 is 2.69 bits per heavy atom. The van der Waals surface area contributed by atoms with Crippen molar-refractivity contribution in [3.63, 3.8) is 0 Å². The third kappa shape index (κ3) is 4.01.